The number of nitrogens with zero attached hydrogens (tertiary/aromatic N) is 5. The van der Waals surface area contributed by atoms with E-state index in [1.165, 1.54) is 0 Å². The first-order valence-electron chi connectivity index (χ1n) is 8.63. The third-order valence-corrected chi connectivity index (χ3v) is 5.33. The molecular formula is C17H25N5OS. The van der Waals surface area contributed by atoms with Gasteiger partial charge in [0.1, 0.15) is 5.82 Å². The lowest BCUT2D eigenvalue weighted by molar-refractivity contribution is 0.0810. The van der Waals surface area contributed by atoms with E-state index in [2.05, 4.69) is 31.3 Å². The monoisotopic (exact) mass is 347 g/mol. The SMILES string of the molecule is CCCSc1ncc(-c2nccn2CCN2CCC(O)CC2)cn1. The quantitative estimate of drug-likeness (QED) is 0.612. The van der Waals surface area contributed by atoms with Crippen LogP contribution < -0.4 is 0 Å². The maximum Gasteiger partial charge on any atom is 0.187 e. The zero-order valence-electron chi connectivity index (χ0n) is 14.1. The number of piperidine rings is 1. The Hall–Kier alpha value is -1.44. The Balaban J connectivity index is 1.60. The van der Waals surface area contributed by atoms with E-state index in [0.29, 0.717) is 0 Å². The largest absolute Gasteiger partial charge is 0.393 e. The summed E-state index contributed by atoms with van der Waals surface area (Å²) in [6, 6.07) is 0. The highest BCUT2D eigenvalue weighted by atomic mass is 32.2. The van der Waals surface area contributed by atoms with Crippen LogP contribution in [0.15, 0.2) is 29.9 Å². The minimum atomic E-state index is -0.119. The van der Waals surface area contributed by atoms with Gasteiger partial charge in [-0.05, 0) is 19.3 Å². The van der Waals surface area contributed by atoms with Crippen molar-refractivity contribution in [3.05, 3.63) is 24.8 Å². The van der Waals surface area contributed by atoms with Crippen LogP contribution in [0.25, 0.3) is 11.4 Å². The average molecular weight is 347 g/mol. The van der Waals surface area contributed by atoms with Gasteiger partial charge in [-0.25, -0.2) is 15.0 Å². The summed E-state index contributed by atoms with van der Waals surface area (Å²) in [7, 11) is 0. The molecule has 24 heavy (non-hydrogen) atoms. The number of hydrogen-bond donors (Lipinski definition) is 1. The van der Waals surface area contributed by atoms with Crippen molar-refractivity contribution in [2.45, 2.75) is 44.0 Å². The zero-order valence-corrected chi connectivity index (χ0v) is 15.0. The summed E-state index contributed by atoms with van der Waals surface area (Å²) in [6.07, 6.45) is 10.3. The van der Waals surface area contributed by atoms with Gasteiger partial charge in [0.05, 0.1) is 11.7 Å². The van der Waals surface area contributed by atoms with Gasteiger partial charge in [0.2, 0.25) is 0 Å². The Labute approximate surface area is 147 Å². The van der Waals surface area contributed by atoms with Crippen LogP contribution in [0.3, 0.4) is 0 Å². The Kier molecular flexibility index (Phi) is 6.23. The van der Waals surface area contributed by atoms with E-state index in [0.717, 1.165) is 67.7 Å². The van der Waals surface area contributed by atoms with Gasteiger partial charge < -0.3 is 14.6 Å². The van der Waals surface area contributed by atoms with Crippen LogP contribution in [0, 0.1) is 0 Å². The average Bonchev–Trinajstić information content (AvgIpc) is 3.08. The molecular weight excluding hydrogens is 322 g/mol. The summed E-state index contributed by atoms with van der Waals surface area (Å²) in [4.78, 5) is 15.7. The standard InChI is InChI=1S/C17H25N5OS/c1-2-11-24-17-19-12-14(13-20-17)16-18-5-8-22(16)10-9-21-6-3-15(23)4-7-21/h5,8,12-13,15,23H,2-4,6-7,9-11H2,1H3. The molecule has 0 unspecified atom stereocenters. The van der Waals surface area contributed by atoms with Gasteiger partial charge in [0.25, 0.3) is 0 Å². The van der Waals surface area contributed by atoms with Crippen LogP contribution in [0.4, 0.5) is 0 Å². The highest BCUT2D eigenvalue weighted by Gasteiger charge is 2.17. The highest BCUT2D eigenvalue weighted by Crippen LogP contribution is 2.19. The summed E-state index contributed by atoms with van der Waals surface area (Å²) >= 11 is 1.68. The maximum absolute atomic E-state index is 9.59. The van der Waals surface area contributed by atoms with Crippen molar-refractivity contribution in [2.75, 3.05) is 25.4 Å². The third-order valence-electron chi connectivity index (χ3n) is 4.25. The first-order chi connectivity index (χ1) is 11.8. The summed E-state index contributed by atoms with van der Waals surface area (Å²) in [5, 5.41) is 10.4. The fourth-order valence-corrected chi connectivity index (χ4v) is 3.48. The molecule has 1 N–H and O–H groups in total. The second-order valence-electron chi connectivity index (χ2n) is 6.12. The molecule has 7 heteroatoms. The molecule has 6 nitrogen and oxygen atoms in total. The van der Waals surface area contributed by atoms with Crippen LogP contribution in [-0.4, -0.2) is 61.0 Å². The van der Waals surface area contributed by atoms with E-state index in [1.807, 2.05) is 24.8 Å². The van der Waals surface area contributed by atoms with Crippen molar-refractivity contribution in [3.63, 3.8) is 0 Å². The fourth-order valence-electron chi connectivity index (χ4n) is 2.84. The molecule has 130 valence electrons. The van der Waals surface area contributed by atoms with Crippen LogP contribution in [0.5, 0.6) is 0 Å². The first-order valence-corrected chi connectivity index (χ1v) is 9.61. The van der Waals surface area contributed by atoms with Gasteiger partial charge in [0.15, 0.2) is 5.16 Å². The van der Waals surface area contributed by atoms with Crippen molar-refractivity contribution in [1.29, 1.82) is 0 Å². The maximum atomic E-state index is 9.59. The summed E-state index contributed by atoms with van der Waals surface area (Å²) in [5.74, 6) is 1.96. The molecule has 3 heterocycles. The number of aromatic nitrogens is 4. The number of imidazole rings is 1. The highest BCUT2D eigenvalue weighted by molar-refractivity contribution is 7.99. The number of thioether (sulfide) groups is 1. The summed E-state index contributed by atoms with van der Waals surface area (Å²) in [5.41, 5.74) is 0.954. The normalized spacial score (nSPS) is 16.6. The van der Waals surface area contributed by atoms with E-state index < -0.39 is 0 Å². The number of rotatable bonds is 7. The van der Waals surface area contributed by atoms with Crippen molar-refractivity contribution < 1.29 is 5.11 Å². The van der Waals surface area contributed by atoms with Crippen LogP contribution in [-0.2, 0) is 6.54 Å². The Morgan fingerprint density at radius 1 is 1.17 bits per heavy atom. The molecule has 3 rings (SSSR count). The van der Waals surface area contributed by atoms with E-state index in [4.69, 9.17) is 0 Å². The molecule has 0 atom stereocenters. The van der Waals surface area contributed by atoms with Gasteiger partial charge in [-0.15, -0.1) is 0 Å². The number of aliphatic hydroxyl groups is 1. The molecule has 1 aliphatic rings. The minimum Gasteiger partial charge on any atom is -0.393 e. The van der Waals surface area contributed by atoms with Crippen LogP contribution >= 0.6 is 11.8 Å². The molecule has 1 fully saturated rings. The number of hydrogen-bond acceptors (Lipinski definition) is 6. The molecule has 0 aromatic carbocycles. The number of aliphatic hydroxyl groups excluding tert-OH is 1. The number of likely N-dealkylation sites (tertiary alicyclic amines) is 1. The van der Waals surface area contributed by atoms with Crippen LogP contribution in [0.1, 0.15) is 26.2 Å². The summed E-state index contributed by atoms with van der Waals surface area (Å²) in [6.45, 7) is 5.95. The first kappa shape index (κ1) is 17.4. The van der Waals surface area contributed by atoms with Gasteiger partial charge in [0, 0.05) is 56.7 Å². The van der Waals surface area contributed by atoms with Crippen molar-refractivity contribution in [2.24, 2.45) is 0 Å². The molecule has 1 aliphatic heterocycles. The lowest BCUT2D eigenvalue weighted by Crippen LogP contribution is -2.37. The lowest BCUT2D eigenvalue weighted by atomic mass is 10.1. The molecule has 0 radical (unpaired) electrons. The predicted octanol–water partition coefficient (Wildman–Crippen LogP) is 2.30. The topological polar surface area (TPSA) is 67.1 Å². The van der Waals surface area contributed by atoms with Crippen molar-refractivity contribution in [3.8, 4) is 11.4 Å². The van der Waals surface area contributed by atoms with Gasteiger partial charge in [-0.1, -0.05) is 18.7 Å². The smallest absolute Gasteiger partial charge is 0.187 e. The Morgan fingerprint density at radius 3 is 2.62 bits per heavy atom. The molecule has 0 saturated carbocycles. The predicted molar refractivity (Wildman–Crippen MR) is 95.9 cm³/mol. The molecule has 0 bridgehead atoms. The fraction of sp³-hybridized carbons (Fsp3) is 0.588. The third kappa shape index (κ3) is 4.55. The van der Waals surface area contributed by atoms with Gasteiger partial charge in [-0.3, -0.25) is 0 Å². The van der Waals surface area contributed by atoms with Crippen molar-refractivity contribution in [1.82, 2.24) is 24.4 Å². The van der Waals surface area contributed by atoms with Gasteiger partial charge >= 0.3 is 0 Å². The second-order valence-corrected chi connectivity index (χ2v) is 7.18. The van der Waals surface area contributed by atoms with E-state index >= 15 is 0 Å². The van der Waals surface area contributed by atoms with E-state index in [1.54, 1.807) is 11.8 Å². The van der Waals surface area contributed by atoms with E-state index in [9.17, 15) is 5.11 Å². The Morgan fingerprint density at radius 2 is 1.92 bits per heavy atom. The molecule has 0 amide bonds. The van der Waals surface area contributed by atoms with E-state index in [-0.39, 0.29) is 6.10 Å². The molecule has 1 saturated heterocycles. The molecule has 2 aromatic rings. The zero-order chi connectivity index (χ0) is 16.8. The Bertz CT molecular complexity index is 622. The van der Waals surface area contributed by atoms with Gasteiger partial charge in [-0.2, -0.15) is 0 Å². The molecule has 2 aromatic heterocycles. The molecule has 0 spiro atoms. The van der Waals surface area contributed by atoms with Crippen molar-refractivity contribution >= 4 is 11.8 Å². The second kappa shape index (κ2) is 8.60. The summed E-state index contributed by atoms with van der Waals surface area (Å²) < 4.78 is 2.16. The lowest BCUT2D eigenvalue weighted by Gasteiger charge is -2.29. The minimum absolute atomic E-state index is 0.119. The van der Waals surface area contributed by atoms with Crippen LogP contribution in [0.2, 0.25) is 0 Å². The molecule has 0 aliphatic carbocycles.